The fourth-order valence-electron chi connectivity index (χ4n) is 3.61. The first kappa shape index (κ1) is 10.9. The van der Waals surface area contributed by atoms with Gasteiger partial charge in [0, 0.05) is 12.3 Å². The van der Waals surface area contributed by atoms with E-state index in [0.717, 1.165) is 12.8 Å². The Morgan fingerprint density at radius 2 is 2.00 bits per heavy atom. The molecule has 2 rings (SSSR count). The van der Waals surface area contributed by atoms with Crippen LogP contribution >= 0.6 is 0 Å². The first-order chi connectivity index (χ1) is 6.79. The van der Waals surface area contributed by atoms with Crippen molar-refractivity contribution < 1.29 is 14.6 Å². The van der Waals surface area contributed by atoms with Crippen LogP contribution in [0.25, 0.3) is 0 Å². The van der Waals surface area contributed by atoms with Crippen LogP contribution in [-0.2, 0) is 9.53 Å². The Kier molecular flexibility index (Phi) is 2.16. The van der Waals surface area contributed by atoms with Gasteiger partial charge >= 0.3 is 5.97 Å². The summed E-state index contributed by atoms with van der Waals surface area (Å²) in [6.45, 7) is 7.95. The van der Waals surface area contributed by atoms with Crippen molar-refractivity contribution in [3.05, 3.63) is 0 Å². The molecule has 0 aromatic heterocycles. The molecule has 0 spiro atoms. The Labute approximate surface area is 90.8 Å². The van der Waals surface area contributed by atoms with Crippen LogP contribution < -0.4 is 0 Å². The topological polar surface area (TPSA) is 46.5 Å². The van der Waals surface area contributed by atoms with Crippen molar-refractivity contribution >= 4 is 5.97 Å². The van der Waals surface area contributed by atoms with E-state index in [1.165, 1.54) is 6.92 Å². The maximum atomic E-state index is 11.0. The van der Waals surface area contributed by atoms with Gasteiger partial charge in [-0.05, 0) is 24.2 Å². The second-order valence-electron chi connectivity index (χ2n) is 5.85. The van der Waals surface area contributed by atoms with E-state index in [0.29, 0.717) is 0 Å². The summed E-state index contributed by atoms with van der Waals surface area (Å²) < 4.78 is 5.38. The minimum absolute atomic E-state index is 0.0154. The Balaban J connectivity index is 2.27. The van der Waals surface area contributed by atoms with Crippen LogP contribution in [0, 0.1) is 16.7 Å². The highest BCUT2D eigenvalue weighted by Gasteiger charge is 2.66. The molecule has 3 nitrogen and oxygen atoms in total. The number of carbonyl (C=O) groups is 1. The van der Waals surface area contributed by atoms with Crippen LogP contribution in [0.5, 0.6) is 0 Å². The molecule has 2 saturated carbocycles. The lowest BCUT2D eigenvalue weighted by molar-refractivity contribution is -0.155. The molecule has 2 bridgehead atoms. The maximum absolute atomic E-state index is 11.0. The fraction of sp³-hybridized carbons (Fsp3) is 0.917. The van der Waals surface area contributed by atoms with Gasteiger partial charge in [0.25, 0.3) is 0 Å². The summed E-state index contributed by atoms with van der Waals surface area (Å²) in [5, 5.41) is 9.93. The van der Waals surface area contributed by atoms with Gasteiger partial charge in [0.15, 0.2) is 0 Å². The molecule has 0 unspecified atom stereocenters. The molecule has 2 fully saturated rings. The SMILES string of the molecule is CC(=O)O[C@H]1C[C@H]2[C@H](O)C[C@]1(C)C2(C)C. The number of hydrogen-bond donors (Lipinski definition) is 1. The molecule has 0 aromatic carbocycles. The van der Waals surface area contributed by atoms with Gasteiger partial charge in [-0.25, -0.2) is 0 Å². The molecule has 0 aliphatic heterocycles. The van der Waals surface area contributed by atoms with Crippen LogP contribution in [0.2, 0.25) is 0 Å². The zero-order valence-electron chi connectivity index (χ0n) is 9.91. The van der Waals surface area contributed by atoms with E-state index in [9.17, 15) is 9.90 Å². The van der Waals surface area contributed by atoms with E-state index in [1.54, 1.807) is 0 Å². The van der Waals surface area contributed by atoms with E-state index in [2.05, 4.69) is 20.8 Å². The zero-order valence-corrected chi connectivity index (χ0v) is 9.91. The van der Waals surface area contributed by atoms with Crippen molar-refractivity contribution in [2.75, 3.05) is 0 Å². The second-order valence-corrected chi connectivity index (χ2v) is 5.85. The van der Waals surface area contributed by atoms with E-state index in [-0.39, 0.29) is 34.9 Å². The van der Waals surface area contributed by atoms with Crippen molar-refractivity contribution in [1.29, 1.82) is 0 Å². The highest BCUT2D eigenvalue weighted by atomic mass is 16.5. The van der Waals surface area contributed by atoms with Crippen LogP contribution in [-0.4, -0.2) is 23.3 Å². The molecular weight excluding hydrogens is 192 g/mol. The third-order valence-electron chi connectivity index (χ3n) is 4.98. The highest BCUT2D eigenvalue weighted by Crippen LogP contribution is 2.66. The minimum atomic E-state index is -0.225. The van der Waals surface area contributed by atoms with Crippen molar-refractivity contribution in [2.45, 2.75) is 52.7 Å². The lowest BCUT2D eigenvalue weighted by Crippen LogP contribution is -2.38. The molecule has 15 heavy (non-hydrogen) atoms. The summed E-state index contributed by atoms with van der Waals surface area (Å²) in [6, 6.07) is 0. The Bertz CT molecular complexity index is 297. The number of aliphatic hydroxyl groups excluding tert-OH is 1. The molecule has 0 saturated heterocycles. The second kappa shape index (κ2) is 2.97. The van der Waals surface area contributed by atoms with E-state index >= 15 is 0 Å². The number of ether oxygens (including phenoxy) is 1. The molecule has 4 atom stereocenters. The van der Waals surface area contributed by atoms with Gasteiger partial charge < -0.3 is 9.84 Å². The average molecular weight is 212 g/mol. The number of aliphatic hydroxyl groups is 1. The summed E-state index contributed by atoms with van der Waals surface area (Å²) >= 11 is 0. The van der Waals surface area contributed by atoms with Crippen molar-refractivity contribution in [3.63, 3.8) is 0 Å². The predicted octanol–water partition coefficient (Wildman–Crippen LogP) is 1.74. The monoisotopic (exact) mass is 212 g/mol. The van der Waals surface area contributed by atoms with Crippen molar-refractivity contribution in [1.82, 2.24) is 0 Å². The summed E-state index contributed by atoms with van der Waals surface area (Å²) in [5.41, 5.74) is -0.00468. The minimum Gasteiger partial charge on any atom is -0.462 e. The molecule has 2 aliphatic rings. The molecule has 86 valence electrons. The van der Waals surface area contributed by atoms with Crippen LogP contribution in [0.4, 0.5) is 0 Å². The normalized spacial score (nSPS) is 46.9. The van der Waals surface area contributed by atoms with Gasteiger partial charge in [-0.1, -0.05) is 20.8 Å². The molecule has 2 aliphatic carbocycles. The van der Waals surface area contributed by atoms with Crippen LogP contribution in [0.3, 0.4) is 0 Å². The van der Waals surface area contributed by atoms with E-state index in [4.69, 9.17) is 4.74 Å². The quantitative estimate of drug-likeness (QED) is 0.673. The molecule has 0 aromatic rings. The zero-order chi connectivity index (χ0) is 11.4. The Morgan fingerprint density at radius 1 is 1.40 bits per heavy atom. The first-order valence-electron chi connectivity index (χ1n) is 5.64. The molecule has 0 radical (unpaired) electrons. The largest absolute Gasteiger partial charge is 0.462 e. The van der Waals surface area contributed by atoms with E-state index < -0.39 is 0 Å². The third kappa shape index (κ3) is 1.25. The maximum Gasteiger partial charge on any atom is 0.302 e. The standard InChI is InChI=1S/C12H20O3/c1-7(13)15-10-5-8-9(14)6-12(10,4)11(8,2)3/h8-10,14H,5-6H2,1-4H3/t8-,9+,10-,12-/m0/s1. The lowest BCUT2D eigenvalue weighted by atomic mass is 9.70. The average Bonchev–Trinajstić information content (AvgIpc) is 2.33. The summed E-state index contributed by atoms with van der Waals surface area (Å²) in [4.78, 5) is 11.0. The number of fused-ring (bicyclic) bond motifs is 2. The van der Waals surface area contributed by atoms with Crippen molar-refractivity contribution in [2.24, 2.45) is 16.7 Å². The molecular formula is C12H20O3. The predicted molar refractivity (Wildman–Crippen MR) is 56.2 cm³/mol. The van der Waals surface area contributed by atoms with Gasteiger partial charge in [-0.3, -0.25) is 4.79 Å². The smallest absolute Gasteiger partial charge is 0.302 e. The number of carbonyl (C=O) groups excluding carboxylic acids is 1. The van der Waals surface area contributed by atoms with Crippen LogP contribution in [0.1, 0.15) is 40.5 Å². The molecule has 0 heterocycles. The van der Waals surface area contributed by atoms with Crippen LogP contribution in [0.15, 0.2) is 0 Å². The van der Waals surface area contributed by atoms with Gasteiger partial charge in [-0.15, -0.1) is 0 Å². The van der Waals surface area contributed by atoms with Gasteiger partial charge in [0.1, 0.15) is 6.10 Å². The third-order valence-corrected chi connectivity index (χ3v) is 4.98. The Hall–Kier alpha value is -0.570. The van der Waals surface area contributed by atoms with Crippen molar-refractivity contribution in [3.8, 4) is 0 Å². The lowest BCUT2D eigenvalue weighted by Gasteiger charge is -2.38. The number of hydrogen-bond acceptors (Lipinski definition) is 3. The van der Waals surface area contributed by atoms with E-state index in [1.807, 2.05) is 0 Å². The van der Waals surface area contributed by atoms with Gasteiger partial charge in [-0.2, -0.15) is 0 Å². The summed E-state index contributed by atoms with van der Waals surface area (Å²) in [6.07, 6.45) is 1.32. The molecule has 0 amide bonds. The van der Waals surface area contributed by atoms with Gasteiger partial charge in [0.2, 0.25) is 0 Å². The highest BCUT2D eigenvalue weighted by molar-refractivity contribution is 5.66. The number of esters is 1. The summed E-state index contributed by atoms with van der Waals surface area (Å²) in [7, 11) is 0. The Morgan fingerprint density at radius 3 is 2.33 bits per heavy atom. The first-order valence-corrected chi connectivity index (χ1v) is 5.64. The molecule has 1 N–H and O–H groups in total. The summed E-state index contributed by atoms with van der Waals surface area (Å²) in [5.74, 6) is 0.0610. The molecule has 3 heteroatoms. The number of rotatable bonds is 1. The van der Waals surface area contributed by atoms with Gasteiger partial charge in [0.05, 0.1) is 6.10 Å². The fourth-order valence-corrected chi connectivity index (χ4v) is 3.61.